The van der Waals surface area contributed by atoms with Crippen LogP contribution in [0.1, 0.15) is 23.8 Å². The Hall–Kier alpha value is -2.42. The van der Waals surface area contributed by atoms with Crippen molar-refractivity contribution < 1.29 is 18.9 Å². The van der Waals surface area contributed by atoms with Gasteiger partial charge in [0.25, 0.3) is 5.91 Å². The number of hydrogen-bond donors (Lipinski definition) is 1. The first-order valence-electron chi connectivity index (χ1n) is 8.73. The van der Waals surface area contributed by atoms with Gasteiger partial charge in [0.15, 0.2) is 19.5 Å². The summed E-state index contributed by atoms with van der Waals surface area (Å²) in [5.74, 6) is -1.58. The number of imidazole rings is 1. The van der Waals surface area contributed by atoms with Crippen LogP contribution in [0.3, 0.4) is 0 Å². The summed E-state index contributed by atoms with van der Waals surface area (Å²) in [6.07, 6.45) is 5.68. The van der Waals surface area contributed by atoms with Crippen molar-refractivity contribution >= 4 is 25.4 Å². The van der Waals surface area contributed by atoms with E-state index < -0.39 is 19.6 Å². The number of hydrogen-bond acceptors (Lipinski definition) is 7. The number of nitrogens with two attached hydrogens (primary N) is 1. The van der Waals surface area contributed by atoms with E-state index in [0.717, 1.165) is 0 Å². The molecule has 11 heteroatoms. The summed E-state index contributed by atoms with van der Waals surface area (Å²) < 4.78 is 21.9. The van der Waals surface area contributed by atoms with E-state index in [9.17, 15) is 9.36 Å². The number of ether oxygens (including phenoxy) is 1. The average Bonchev–Trinajstić information content (AvgIpc) is 3.07. The molecule has 0 aromatic carbocycles. The van der Waals surface area contributed by atoms with Crippen LogP contribution in [-0.2, 0) is 9.30 Å². The second kappa shape index (κ2) is 6.95. The highest BCUT2D eigenvalue weighted by Gasteiger charge is 2.53. The molecule has 27 heavy (non-hydrogen) atoms. The Kier molecular flexibility index (Phi) is 4.63. The van der Waals surface area contributed by atoms with E-state index in [1.165, 1.54) is 16.0 Å². The Morgan fingerprint density at radius 1 is 1.33 bits per heavy atom. The molecule has 2 aliphatic heterocycles. The maximum absolute atomic E-state index is 13.3. The van der Waals surface area contributed by atoms with Crippen LogP contribution in [0.25, 0.3) is 0 Å². The van der Waals surface area contributed by atoms with Gasteiger partial charge in [-0.05, 0) is 18.6 Å². The number of amides is 1. The van der Waals surface area contributed by atoms with Crippen LogP contribution in [0.5, 0.6) is 0 Å². The highest BCUT2D eigenvalue weighted by atomic mass is 31.1. The molecule has 144 valence electrons. The molecule has 2 unspecified atom stereocenters. The van der Waals surface area contributed by atoms with E-state index in [2.05, 4.69) is 9.97 Å². The van der Waals surface area contributed by atoms with Gasteiger partial charge in [-0.25, -0.2) is 4.98 Å². The maximum atomic E-state index is 13.3. The monoisotopic (exact) mass is 392 g/mol. The Labute approximate surface area is 156 Å². The van der Waals surface area contributed by atoms with E-state index in [4.69, 9.17) is 15.3 Å². The fourth-order valence-electron chi connectivity index (χ4n) is 3.38. The lowest BCUT2D eigenvalue weighted by molar-refractivity contribution is 0.0326. The average molecular weight is 392 g/mol. The van der Waals surface area contributed by atoms with E-state index in [1.807, 2.05) is 6.92 Å². The minimum Gasteiger partial charge on any atom is -0.408 e. The molecule has 4 rings (SSSR count). The molecular formula is C16H21N6O4P. The van der Waals surface area contributed by atoms with Crippen LogP contribution < -0.4 is 20.1 Å². The van der Waals surface area contributed by atoms with Gasteiger partial charge in [-0.3, -0.25) is 25.1 Å². The first-order chi connectivity index (χ1) is 13.1. The normalized spacial score (nSPS) is 23.3. The first kappa shape index (κ1) is 18.0. The molecule has 0 radical (unpaired) electrons. The molecule has 2 aliphatic rings. The third kappa shape index (κ3) is 2.80. The predicted molar refractivity (Wildman–Crippen MR) is 99.1 cm³/mol. The van der Waals surface area contributed by atoms with Gasteiger partial charge in [0.05, 0.1) is 12.3 Å². The highest BCUT2D eigenvalue weighted by molar-refractivity contribution is 7.46. The smallest absolute Gasteiger partial charge is 0.283 e. The topological polar surface area (TPSA) is 116 Å². The van der Waals surface area contributed by atoms with Crippen molar-refractivity contribution in [1.29, 1.82) is 0 Å². The molecule has 10 nitrogen and oxygen atoms in total. The molecule has 0 aliphatic carbocycles. The molecule has 2 aromatic rings. The quantitative estimate of drug-likeness (QED) is 0.756. The number of anilines is 2. The van der Waals surface area contributed by atoms with Crippen molar-refractivity contribution in [3.63, 3.8) is 0 Å². The highest BCUT2D eigenvalue weighted by Crippen LogP contribution is 2.46. The molecule has 0 spiro atoms. The second-order valence-electron chi connectivity index (χ2n) is 6.33. The van der Waals surface area contributed by atoms with Crippen molar-refractivity contribution in [1.82, 2.24) is 14.7 Å². The number of carbonyl (C=O) groups excluding carboxylic acids is 1. The van der Waals surface area contributed by atoms with Gasteiger partial charge in [0.2, 0.25) is 5.79 Å². The van der Waals surface area contributed by atoms with E-state index >= 15 is 0 Å². The van der Waals surface area contributed by atoms with Crippen LogP contribution >= 0.6 is 7.95 Å². The van der Waals surface area contributed by atoms with Crippen LogP contribution in [-0.4, -0.2) is 52.4 Å². The largest absolute Gasteiger partial charge is 0.408 e. The molecule has 0 fully saturated rings. The molecule has 2 N–H and O–H groups in total. The van der Waals surface area contributed by atoms with Crippen LogP contribution in [0.4, 0.5) is 11.5 Å². The fourth-order valence-corrected chi connectivity index (χ4v) is 5.07. The Morgan fingerprint density at radius 3 is 2.85 bits per heavy atom. The van der Waals surface area contributed by atoms with Gasteiger partial charge in [0.1, 0.15) is 19.5 Å². The summed E-state index contributed by atoms with van der Waals surface area (Å²) >= 11 is 0. The molecule has 4 heterocycles. The summed E-state index contributed by atoms with van der Waals surface area (Å²) in [5, 5.41) is 0. The third-order valence-electron chi connectivity index (χ3n) is 4.51. The minimum absolute atomic E-state index is 0.0326. The molecule has 0 saturated heterocycles. The van der Waals surface area contributed by atoms with Crippen LogP contribution in [0, 0.1) is 0 Å². The molecular weight excluding hydrogens is 371 g/mol. The van der Waals surface area contributed by atoms with E-state index in [0.29, 0.717) is 24.1 Å². The van der Waals surface area contributed by atoms with Gasteiger partial charge in [0, 0.05) is 18.6 Å². The van der Waals surface area contributed by atoms with Gasteiger partial charge >= 0.3 is 0 Å². The Morgan fingerprint density at radius 2 is 2.11 bits per heavy atom. The van der Waals surface area contributed by atoms with E-state index in [1.54, 1.807) is 29.2 Å². The van der Waals surface area contributed by atoms with Gasteiger partial charge in [-0.15, -0.1) is 0 Å². The van der Waals surface area contributed by atoms with E-state index in [-0.39, 0.29) is 25.5 Å². The molecule has 2 bridgehead atoms. The van der Waals surface area contributed by atoms with Crippen molar-refractivity contribution in [2.24, 2.45) is 5.73 Å². The summed E-state index contributed by atoms with van der Waals surface area (Å²) in [6, 6.07) is 3.35. The third-order valence-corrected chi connectivity index (χ3v) is 6.54. The zero-order valence-corrected chi connectivity index (χ0v) is 15.9. The number of aromatic nitrogens is 3. The standard InChI is InChI=1S/C16H21N6O4P/c1-2-9-27(24)22-14-13-15(23)21(12-3-5-18-6-4-12)16(22,17)10-25-7-8-26-20(14)11-19-13/h3-6,11,27H,2,7-10,17H2,1H3. The van der Waals surface area contributed by atoms with Crippen molar-refractivity contribution in [3.05, 3.63) is 36.5 Å². The molecule has 2 aromatic heterocycles. The number of rotatable bonds is 4. The number of nitrogens with zero attached hydrogens (tertiary/aromatic N) is 5. The lowest BCUT2D eigenvalue weighted by Crippen LogP contribution is -2.72. The summed E-state index contributed by atoms with van der Waals surface area (Å²) in [5.41, 5.74) is 7.44. The number of pyridine rings is 1. The van der Waals surface area contributed by atoms with Crippen molar-refractivity contribution in [2.75, 3.05) is 35.6 Å². The molecule has 2 atom stereocenters. The van der Waals surface area contributed by atoms with Crippen molar-refractivity contribution in [2.45, 2.75) is 19.1 Å². The Balaban J connectivity index is 1.96. The SMILES string of the molecule is CCC[PH](=O)N1c2c3ncn2OCCOCC1(N)N(c1ccncc1)C3=O. The summed E-state index contributed by atoms with van der Waals surface area (Å²) in [6.45, 7) is 2.44. The minimum atomic E-state index is -2.39. The number of fused-ring (bicyclic) bond motifs is 1. The predicted octanol–water partition coefficient (Wildman–Crippen LogP) is 0.701. The summed E-state index contributed by atoms with van der Waals surface area (Å²) in [7, 11) is -2.39. The lowest BCUT2D eigenvalue weighted by atomic mass is 10.1. The molecule has 0 saturated carbocycles. The zero-order chi connectivity index (χ0) is 19.0. The lowest BCUT2D eigenvalue weighted by Gasteiger charge is -2.50. The fraction of sp³-hybridized carbons (Fsp3) is 0.438. The number of carbonyl (C=O) groups is 1. The zero-order valence-electron chi connectivity index (χ0n) is 14.9. The van der Waals surface area contributed by atoms with Crippen LogP contribution in [0.15, 0.2) is 30.9 Å². The second-order valence-corrected chi connectivity index (χ2v) is 8.07. The van der Waals surface area contributed by atoms with Gasteiger partial charge in [-0.2, -0.15) is 4.73 Å². The van der Waals surface area contributed by atoms with Gasteiger partial charge < -0.3 is 14.1 Å². The first-order valence-corrected chi connectivity index (χ1v) is 10.3. The van der Waals surface area contributed by atoms with Crippen LogP contribution in [0.2, 0.25) is 0 Å². The van der Waals surface area contributed by atoms with Crippen molar-refractivity contribution in [3.8, 4) is 0 Å². The summed E-state index contributed by atoms with van der Waals surface area (Å²) in [4.78, 5) is 28.5. The molecule has 1 amide bonds. The Bertz CT molecular complexity index is 875. The van der Waals surface area contributed by atoms with Gasteiger partial charge in [-0.1, -0.05) is 6.92 Å². The maximum Gasteiger partial charge on any atom is 0.283 e.